The molecule has 0 unspecified atom stereocenters. The van der Waals surface area contributed by atoms with Crippen molar-refractivity contribution in [1.29, 1.82) is 0 Å². The molecular weight excluding hydrogens is 236 g/mol. The Labute approximate surface area is 105 Å². The smallest absolute Gasteiger partial charge is 0.273 e. The van der Waals surface area contributed by atoms with Gasteiger partial charge in [-0.15, -0.1) is 0 Å². The summed E-state index contributed by atoms with van der Waals surface area (Å²) in [4.78, 5) is 20.9. The first-order valence-electron chi connectivity index (χ1n) is 5.48. The van der Waals surface area contributed by atoms with Crippen molar-refractivity contribution in [1.82, 2.24) is 5.32 Å². The minimum absolute atomic E-state index is 0.0175. The van der Waals surface area contributed by atoms with Gasteiger partial charge in [0, 0.05) is 50.6 Å². The lowest BCUT2D eigenvalue weighted by Gasteiger charge is -2.08. The van der Waals surface area contributed by atoms with Crippen LogP contribution in [0.25, 0.3) is 0 Å². The summed E-state index contributed by atoms with van der Waals surface area (Å²) in [5.74, 6) is -0.105. The van der Waals surface area contributed by atoms with Crippen LogP contribution < -0.4 is 16.0 Å². The van der Waals surface area contributed by atoms with E-state index in [2.05, 4.69) is 16.0 Å². The van der Waals surface area contributed by atoms with Crippen LogP contribution in [0.15, 0.2) is 18.2 Å². The molecule has 0 radical (unpaired) electrons. The van der Waals surface area contributed by atoms with Crippen molar-refractivity contribution in [2.24, 2.45) is 0 Å². The predicted octanol–water partition coefficient (Wildman–Crippen LogP) is 1.18. The normalized spacial score (nSPS) is 9.67. The van der Waals surface area contributed by atoms with Crippen LogP contribution in [0.4, 0.5) is 17.1 Å². The average Bonchev–Trinajstić information content (AvgIpc) is 2.34. The van der Waals surface area contributed by atoms with Gasteiger partial charge in [0.25, 0.3) is 5.69 Å². The Bertz CT molecular complexity index is 448. The first kappa shape index (κ1) is 13.8. The molecule has 1 aromatic carbocycles. The first-order valence-corrected chi connectivity index (χ1v) is 5.48. The van der Waals surface area contributed by atoms with Crippen LogP contribution in [0.2, 0.25) is 0 Å². The highest BCUT2D eigenvalue weighted by Gasteiger charge is 2.08. The summed E-state index contributed by atoms with van der Waals surface area (Å²) in [7, 11) is 1.69. The molecule has 0 heterocycles. The highest BCUT2D eigenvalue weighted by atomic mass is 16.6. The standard InChI is InChI=1S/C11H16N4O3/c1-8(16)13-3-4-14-10-5-9(12-2)6-11(7-10)15(17)18/h5-7,12,14H,3-4H2,1-2H3,(H,13,16). The molecule has 0 aliphatic rings. The second kappa shape index (κ2) is 6.43. The fraction of sp³-hybridized carbons (Fsp3) is 0.364. The Morgan fingerprint density at radius 2 is 1.94 bits per heavy atom. The number of carbonyl (C=O) groups excluding carboxylic acids is 1. The van der Waals surface area contributed by atoms with Crippen molar-refractivity contribution < 1.29 is 9.72 Å². The number of hydrogen-bond acceptors (Lipinski definition) is 5. The quantitative estimate of drug-likeness (QED) is 0.401. The Kier molecular flexibility index (Phi) is 4.91. The summed E-state index contributed by atoms with van der Waals surface area (Å²) >= 11 is 0. The van der Waals surface area contributed by atoms with Crippen LogP contribution in [0.5, 0.6) is 0 Å². The predicted molar refractivity (Wildman–Crippen MR) is 69.8 cm³/mol. The molecular formula is C11H16N4O3. The van der Waals surface area contributed by atoms with Gasteiger partial charge in [-0.3, -0.25) is 14.9 Å². The van der Waals surface area contributed by atoms with Crippen LogP contribution in [-0.4, -0.2) is 31.0 Å². The van der Waals surface area contributed by atoms with Crippen molar-refractivity contribution in [2.75, 3.05) is 30.8 Å². The molecule has 18 heavy (non-hydrogen) atoms. The van der Waals surface area contributed by atoms with E-state index in [0.29, 0.717) is 24.5 Å². The summed E-state index contributed by atoms with van der Waals surface area (Å²) < 4.78 is 0. The van der Waals surface area contributed by atoms with E-state index in [-0.39, 0.29) is 11.6 Å². The topological polar surface area (TPSA) is 96.3 Å². The molecule has 1 rings (SSSR count). The van der Waals surface area contributed by atoms with E-state index in [9.17, 15) is 14.9 Å². The molecule has 0 fully saturated rings. The summed E-state index contributed by atoms with van der Waals surface area (Å²) in [5.41, 5.74) is 1.31. The van der Waals surface area contributed by atoms with Crippen molar-refractivity contribution in [3.63, 3.8) is 0 Å². The van der Waals surface area contributed by atoms with Gasteiger partial charge in [0.2, 0.25) is 5.91 Å². The number of hydrogen-bond donors (Lipinski definition) is 3. The largest absolute Gasteiger partial charge is 0.388 e. The lowest BCUT2D eigenvalue weighted by molar-refractivity contribution is -0.384. The van der Waals surface area contributed by atoms with Crippen molar-refractivity contribution >= 4 is 23.0 Å². The Morgan fingerprint density at radius 3 is 2.50 bits per heavy atom. The molecule has 0 atom stereocenters. The SMILES string of the molecule is CNc1cc(NCCNC(C)=O)cc([N+](=O)[O-])c1. The highest BCUT2D eigenvalue weighted by molar-refractivity contribution is 5.72. The van der Waals surface area contributed by atoms with Gasteiger partial charge in [0.15, 0.2) is 0 Å². The third-order valence-corrected chi connectivity index (χ3v) is 2.25. The molecule has 1 aromatic rings. The molecule has 0 spiro atoms. The van der Waals surface area contributed by atoms with E-state index in [1.165, 1.54) is 19.1 Å². The van der Waals surface area contributed by atoms with E-state index in [4.69, 9.17) is 0 Å². The van der Waals surface area contributed by atoms with Gasteiger partial charge in [-0.1, -0.05) is 0 Å². The van der Waals surface area contributed by atoms with E-state index >= 15 is 0 Å². The molecule has 98 valence electrons. The number of amides is 1. The second-order valence-corrected chi connectivity index (χ2v) is 3.69. The molecule has 7 nitrogen and oxygen atoms in total. The van der Waals surface area contributed by atoms with Crippen LogP contribution in [0.1, 0.15) is 6.92 Å². The third-order valence-electron chi connectivity index (χ3n) is 2.25. The van der Waals surface area contributed by atoms with E-state index in [1.807, 2.05) is 0 Å². The summed E-state index contributed by atoms with van der Waals surface area (Å²) in [6.45, 7) is 2.41. The van der Waals surface area contributed by atoms with Crippen molar-refractivity contribution in [3.8, 4) is 0 Å². The summed E-state index contributed by atoms with van der Waals surface area (Å²) in [6.07, 6.45) is 0. The van der Waals surface area contributed by atoms with Gasteiger partial charge in [-0.25, -0.2) is 0 Å². The molecule has 1 amide bonds. The number of anilines is 2. The number of non-ortho nitro benzene ring substituents is 1. The van der Waals surface area contributed by atoms with Crippen LogP contribution in [0, 0.1) is 10.1 Å². The maximum Gasteiger partial charge on any atom is 0.273 e. The van der Waals surface area contributed by atoms with Gasteiger partial charge in [0.05, 0.1) is 4.92 Å². The maximum absolute atomic E-state index is 10.7. The van der Waals surface area contributed by atoms with Gasteiger partial charge < -0.3 is 16.0 Å². The first-order chi connectivity index (χ1) is 8.52. The van der Waals surface area contributed by atoms with Gasteiger partial charge in [0.1, 0.15) is 0 Å². The molecule has 0 aliphatic carbocycles. The maximum atomic E-state index is 10.7. The Morgan fingerprint density at radius 1 is 1.28 bits per heavy atom. The molecule has 0 saturated carbocycles. The molecule has 3 N–H and O–H groups in total. The second-order valence-electron chi connectivity index (χ2n) is 3.69. The number of nitrogens with zero attached hydrogens (tertiary/aromatic N) is 1. The monoisotopic (exact) mass is 252 g/mol. The molecule has 7 heteroatoms. The third kappa shape index (κ3) is 4.28. The average molecular weight is 252 g/mol. The lowest BCUT2D eigenvalue weighted by Crippen LogP contribution is -2.26. The minimum atomic E-state index is -0.445. The number of rotatable bonds is 6. The number of nitro benzene ring substituents is 1. The van der Waals surface area contributed by atoms with Crippen molar-refractivity contribution in [2.45, 2.75) is 6.92 Å². The van der Waals surface area contributed by atoms with Crippen LogP contribution >= 0.6 is 0 Å². The van der Waals surface area contributed by atoms with Crippen LogP contribution in [-0.2, 0) is 4.79 Å². The number of carbonyl (C=O) groups is 1. The van der Waals surface area contributed by atoms with Gasteiger partial charge in [-0.05, 0) is 6.07 Å². The zero-order valence-electron chi connectivity index (χ0n) is 10.3. The summed E-state index contributed by atoms with van der Waals surface area (Å²) in [5, 5.41) is 19.2. The van der Waals surface area contributed by atoms with Gasteiger partial charge in [-0.2, -0.15) is 0 Å². The Balaban J connectivity index is 2.66. The fourth-order valence-corrected chi connectivity index (χ4v) is 1.41. The van der Waals surface area contributed by atoms with E-state index in [0.717, 1.165) is 0 Å². The fourth-order valence-electron chi connectivity index (χ4n) is 1.41. The molecule has 0 saturated heterocycles. The van der Waals surface area contributed by atoms with Gasteiger partial charge >= 0.3 is 0 Å². The van der Waals surface area contributed by atoms with E-state index < -0.39 is 4.92 Å². The highest BCUT2D eigenvalue weighted by Crippen LogP contribution is 2.23. The molecule has 0 bridgehead atoms. The number of benzene rings is 1. The lowest BCUT2D eigenvalue weighted by atomic mass is 10.2. The minimum Gasteiger partial charge on any atom is -0.388 e. The molecule has 0 aromatic heterocycles. The Hall–Kier alpha value is -2.31. The van der Waals surface area contributed by atoms with E-state index in [1.54, 1.807) is 13.1 Å². The zero-order valence-corrected chi connectivity index (χ0v) is 10.3. The summed E-state index contributed by atoms with van der Waals surface area (Å²) in [6, 6.07) is 4.67. The van der Waals surface area contributed by atoms with Crippen LogP contribution in [0.3, 0.4) is 0 Å². The number of nitro groups is 1. The van der Waals surface area contributed by atoms with Crippen molar-refractivity contribution in [3.05, 3.63) is 28.3 Å². The molecule has 0 aliphatic heterocycles. The number of nitrogens with one attached hydrogen (secondary N) is 3. The zero-order chi connectivity index (χ0) is 13.5.